The van der Waals surface area contributed by atoms with Gasteiger partial charge in [-0.05, 0) is 50.1 Å². The van der Waals surface area contributed by atoms with Crippen molar-refractivity contribution >= 4 is 44.3 Å². The van der Waals surface area contributed by atoms with Gasteiger partial charge < -0.3 is 10.2 Å². The highest BCUT2D eigenvalue weighted by molar-refractivity contribution is 7.22. The third-order valence-corrected chi connectivity index (χ3v) is 7.39. The highest BCUT2D eigenvalue weighted by Gasteiger charge is 2.28. The summed E-state index contributed by atoms with van der Waals surface area (Å²) >= 11 is 7.63. The molecular weight excluding hydrogens is 461 g/mol. The van der Waals surface area contributed by atoms with Crippen molar-refractivity contribution in [3.8, 4) is 5.69 Å². The van der Waals surface area contributed by atoms with E-state index in [2.05, 4.69) is 15.3 Å². The first-order chi connectivity index (χ1) is 16.0. The fourth-order valence-electron chi connectivity index (χ4n) is 4.15. The smallest absolute Gasteiger partial charge is 0.225 e. The number of aromatic nitrogens is 3. The van der Waals surface area contributed by atoms with E-state index >= 15 is 0 Å². The number of fused-ring (bicyclic) bond motifs is 1. The zero-order valence-corrected chi connectivity index (χ0v) is 19.7. The van der Waals surface area contributed by atoms with Gasteiger partial charge in [-0.1, -0.05) is 41.1 Å². The van der Waals surface area contributed by atoms with Gasteiger partial charge in [0.15, 0.2) is 10.8 Å². The Bertz CT molecular complexity index is 1300. The molecule has 1 atom stereocenters. The van der Waals surface area contributed by atoms with Gasteiger partial charge in [-0.25, -0.2) is 9.07 Å². The molecule has 1 aliphatic heterocycles. The van der Waals surface area contributed by atoms with Gasteiger partial charge in [0.2, 0.25) is 5.91 Å². The third-order valence-electron chi connectivity index (χ3n) is 5.92. The molecule has 1 fully saturated rings. The standard InChI is InChI=1S/C24H23ClFN5OS/c1-15-21-22(31(29-15)19-10-8-18(25)9-11-19)28-24(33-21)30-12-4-6-17(14-30)23(32)27-13-16-5-2-3-7-20(16)26/h2-3,5,7-11,17H,4,6,12-14H2,1H3,(H,27,32). The molecule has 2 aromatic carbocycles. The number of hydrogen-bond donors (Lipinski definition) is 1. The van der Waals surface area contributed by atoms with E-state index in [-0.39, 0.29) is 24.2 Å². The Labute approximate surface area is 200 Å². The van der Waals surface area contributed by atoms with E-state index in [4.69, 9.17) is 16.6 Å². The van der Waals surface area contributed by atoms with Gasteiger partial charge in [0.05, 0.1) is 22.0 Å². The van der Waals surface area contributed by atoms with Crippen LogP contribution >= 0.6 is 22.9 Å². The third kappa shape index (κ3) is 4.45. The van der Waals surface area contributed by atoms with Crippen LogP contribution in [0.2, 0.25) is 5.02 Å². The second kappa shape index (κ2) is 9.11. The molecule has 9 heteroatoms. The maximum atomic E-state index is 13.9. The largest absolute Gasteiger partial charge is 0.352 e. The van der Waals surface area contributed by atoms with Gasteiger partial charge in [0, 0.05) is 30.2 Å². The topological polar surface area (TPSA) is 63.1 Å². The van der Waals surface area contributed by atoms with Crippen molar-refractivity contribution in [2.24, 2.45) is 5.92 Å². The highest BCUT2D eigenvalue weighted by atomic mass is 35.5. The molecule has 1 N–H and O–H groups in total. The van der Waals surface area contributed by atoms with Crippen molar-refractivity contribution in [2.45, 2.75) is 26.3 Å². The number of benzene rings is 2. The molecule has 0 aliphatic carbocycles. The summed E-state index contributed by atoms with van der Waals surface area (Å²) in [6, 6.07) is 14.0. The van der Waals surface area contributed by atoms with E-state index in [1.807, 2.05) is 35.9 Å². The molecule has 1 aliphatic rings. The molecule has 6 nitrogen and oxygen atoms in total. The molecular formula is C24H23ClFN5OS. The maximum absolute atomic E-state index is 13.9. The SMILES string of the molecule is Cc1nn(-c2ccc(Cl)cc2)c2nc(N3CCCC(C(=O)NCc4ccccc4F)C3)sc12. The van der Waals surface area contributed by atoms with E-state index in [9.17, 15) is 9.18 Å². The quantitative estimate of drug-likeness (QED) is 0.428. The van der Waals surface area contributed by atoms with E-state index < -0.39 is 0 Å². The Balaban J connectivity index is 1.32. The van der Waals surface area contributed by atoms with Crippen LogP contribution in [0.1, 0.15) is 24.1 Å². The predicted octanol–water partition coefficient (Wildman–Crippen LogP) is 5.12. The summed E-state index contributed by atoms with van der Waals surface area (Å²) in [6.07, 6.45) is 1.71. The van der Waals surface area contributed by atoms with Crippen LogP contribution in [0.15, 0.2) is 48.5 Å². The van der Waals surface area contributed by atoms with Gasteiger partial charge in [0.1, 0.15) is 5.82 Å². The fourth-order valence-corrected chi connectivity index (χ4v) is 5.30. The maximum Gasteiger partial charge on any atom is 0.225 e. The van der Waals surface area contributed by atoms with Crippen molar-refractivity contribution in [1.29, 1.82) is 0 Å². The number of thiazole rings is 1. The number of amides is 1. The summed E-state index contributed by atoms with van der Waals surface area (Å²) in [5.74, 6) is -0.512. The number of nitrogens with one attached hydrogen (secondary N) is 1. The molecule has 0 bridgehead atoms. The molecule has 4 aromatic rings. The lowest BCUT2D eigenvalue weighted by Gasteiger charge is -2.31. The van der Waals surface area contributed by atoms with Crippen LogP contribution in [-0.4, -0.2) is 33.8 Å². The van der Waals surface area contributed by atoms with Gasteiger partial charge in [-0.3, -0.25) is 4.79 Å². The van der Waals surface area contributed by atoms with Gasteiger partial charge in [-0.15, -0.1) is 0 Å². The molecule has 1 amide bonds. The van der Waals surface area contributed by atoms with Crippen LogP contribution in [0.3, 0.4) is 0 Å². The van der Waals surface area contributed by atoms with E-state index in [0.29, 0.717) is 17.1 Å². The van der Waals surface area contributed by atoms with Crippen LogP contribution in [0.5, 0.6) is 0 Å². The lowest BCUT2D eigenvalue weighted by atomic mass is 9.97. The zero-order valence-electron chi connectivity index (χ0n) is 18.1. The fraction of sp³-hybridized carbons (Fsp3) is 0.292. The van der Waals surface area contributed by atoms with Crippen molar-refractivity contribution in [3.63, 3.8) is 0 Å². The summed E-state index contributed by atoms with van der Waals surface area (Å²) in [5, 5.41) is 9.11. The summed E-state index contributed by atoms with van der Waals surface area (Å²) in [7, 11) is 0. The molecule has 1 saturated heterocycles. The average Bonchev–Trinajstić information content (AvgIpc) is 3.40. The molecule has 0 saturated carbocycles. The van der Waals surface area contributed by atoms with Crippen LogP contribution < -0.4 is 10.2 Å². The van der Waals surface area contributed by atoms with Gasteiger partial charge in [-0.2, -0.15) is 10.1 Å². The lowest BCUT2D eigenvalue weighted by Crippen LogP contribution is -2.43. The van der Waals surface area contributed by atoms with Crippen molar-refractivity contribution in [3.05, 3.63) is 70.6 Å². The minimum atomic E-state index is -0.303. The summed E-state index contributed by atoms with van der Waals surface area (Å²) in [4.78, 5) is 19.9. The first-order valence-corrected chi connectivity index (χ1v) is 12.1. The number of carbonyl (C=O) groups is 1. The first kappa shape index (κ1) is 21.9. The first-order valence-electron chi connectivity index (χ1n) is 10.9. The Hall–Kier alpha value is -2.97. The van der Waals surface area contributed by atoms with Crippen LogP contribution in [-0.2, 0) is 11.3 Å². The molecule has 2 aromatic heterocycles. The number of rotatable bonds is 5. The van der Waals surface area contributed by atoms with Crippen molar-refractivity contribution in [2.75, 3.05) is 18.0 Å². The highest BCUT2D eigenvalue weighted by Crippen LogP contribution is 2.34. The molecule has 3 heterocycles. The second-order valence-electron chi connectivity index (χ2n) is 8.22. The Morgan fingerprint density at radius 3 is 2.82 bits per heavy atom. The van der Waals surface area contributed by atoms with Crippen molar-refractivity contribution in [1.82, 2.24) is 20.1 Å². The number of halogens is 2. The number of anilines is 1. The number of carbonyl (C=O) groups excluding carboxylic acids is 1. The normalized spacial score (nSPS) is 16.3. The van der Waals surface area contributed by atoms with Crippen LogP contribution in [0.4, 0.5) is 9.52 Å². The van der Waals surface area contributed by atoms with Gasteiger partial charge in [0.25, 0.3) is 0 Å². The van der Waals surface area contributed by atoms with E-state index in [1.165, 1.54) is 6.07 Å². The number of piperidine rings is 1. The number of aryl methyl sites for hydroxylation is 1. The average molecular weight is 484 g/mol. The minimum absolute atomic E-state index is 0.0485. The summed E-state index contributed by atoms with van der Waals surface area (Å²) in [6.45, 7) is 3.61. The van der Waals surface area contributed by atoms with Crippen molar-refractivity contribution < 1.29 is 9.18 Å². The van der Waals surface area contributed by atoms with Gasteiger partial charge >= 0.3 is 0 Å². The summed E-state index contributed by atoms with van der Waals surface area (Å²) < 4.78 is 16.7. The number of hydrogen-bond acceptors (Lipinski definition) is 5. The second-order valence-corrected chi connectivity index (χ2v) is 9.63. The molecule has 5 rings (SSSR count). The zero-order chi connectivity index (χ0) is 22.9. The molecule has 33 heavy (non-hydrogen) atoms. The van der Waals surface area contributed by atoms with E-state index in [0.717, 1.165) is 46.2 Å². The molecule has 170 valence electrons. The predicted molar refractivity (Wildman–Crippen MR) is 130 cm³/mol. The number of nitrogens with zero attached hydrogens (tertiary/aromatic N) is 4. The molecule has 1 unspecified atom stereocenters. The Morgan fingerprint density at radius 1 is 1.24 bits per heavy atom. The molecule has 0 spiro atoms. The molecule has 0 radical (unpaired) electrons. The lowest BCUT2D eigenvalue weighted by molar-refractivity contribution is -0.125. The van der Waals surface area contributed by atoms with Crippen LogP contribution in [0.25, 0.3) is 16.0 Å². The minimum Gasteiger partial charge on any atom is -0.352 e. The Kier molecular flexibility index (Phi) is 6.03. The monoisotopic (exact) mass is 483 g/mol. The Morgan fingerprint density at radius 2 is 2.03 bits per heavy atom. The van der Waals surface area contributed by atoms with Crippen LogP contribution in [0, 0.1) is 18.7 Å². The van der Waals surface area contributed by atoms with E-state index in [1.54, 1.807) is 29.5 Å². The summed E-state index contributed by atoms with van der Waals surface area (Å²) in [5.41, 5.74) is 3.12.